The van der Waals surface area contributed by atoms with E-state index in [1.54, 1.807) is 6.92 Å². The number of hydrogen-bond acceptors (Lipinski definition) is 2. The van der Waals surface area contributed by atoms with E-state index in [0.717, 1.165) is 16.9 Å². The molecule has 98 valence electrons. The summed E-state index contributed by atoms with van der Waals surface area (Å²) in [6, 6.07) is 17.6. The van der Waals surface area contributed by atoms with Crippen LogP contribution in [0.15, 0.2) is 54.6 Å². The first-order valence-electron chi connectivity index (χ1n) is 6.08. The lowest BCUT2D eigenvalue weighted by atomic mass is 10.1. The lowest BCUT2D eigenvalue weighted by molar-refractivity contribution is -0.116. The fourth-order valence-electron chi connectivity index (χ4n) is 1.71. The van der Waals surface area contributed by atoms with Crippen LogP contribution in [0.4, 0.5) is 0 Å². The van der Waals surface area contributed by atoms with Gasteiger partial charge >= 0.3 is 0 Å². The van der Waals surface area contributed by atoms with Gasteiger partial charge in [0.25, 0.3) is 0 Å². The van der Waals surface area contributed by atoms with E-state index < -0.39 is 0 Å². The number of hydrogen-bond donors (Lipinski definition) is 0. The first-order chi connectivity index (χ1) is 9.16. The first kappa shape index (κ1) is 13.8. The molecule has 0 aliphatic heterocycles. The number of carbonyl (C=O) groups is 1. The van der Waals surface area contributed by atoms with Crippen molar-refractivity contribution in [2.45, 2.75) is 18.4 Å². The van der Waals surface area contributed by atoms with Crippen molar-refractivity contribution in [1.29, 1.82) is 0 Å². The standard InChI is InChI=1S/C16H15BrO2/c1-12(18)16(17)14-7-9-15(10-8-14)19-11-13-5-3-2-4-6-13/h2-10,16H,11H2,1H3. The van der Waals surface area contributed by atoms with Gasteiger partial charge in [-0.3, -0.25) is 4.79 Å². The molecule has 3 heteroatoms. The molecule has 0 saturated heterocycles. The van der Waals surface area contributed by atoms with Crippen molar-refractivity contribution in [2.24, 2.45) is 0 Å². The van der Waals surface area contributed by atoms with E-state index in [4.69, 9.17) is 4.74 Å². The minimum absolute atomic E-state index is 0.0953. The van der Waals surface area contributed by atoms with E-state index in [-0.39, 0.29) is 10.6 Å². The van der Waals surface area contributed by atoms with E-state index in [9.17, 15) is 4.79 Å². The molecule has 0 heterocycles. The van der Waals surface area contributed by atoms with Crippen LogP contribution >= 0.6 is 15.9 Å². The molecule has 2 nitrogen and oxygen atoms in total. The Morgan fingerprint density at radius 3 is 2.32 bits per heavy atom. The van der Waals surface area contributed by atoms with E-state index in [1.807, 2.05) is 54.6 Å². The number of ketones is 1. The van der Waals surface area contributed by atoms with Crippen LogP contribution in [0, 0.1) is 0 Å². The van der Waals surface area contributed by atoms with Crippen LogP contribution < -0.4 is 4.74 Å². The minimum atomic E-state index is -0.240. The van der Waals surface area contributed by atoms with Gasteiger partial charge in [-0.15, -0.1) is 0 Å². The van der Waals surface area contributed by atoms with Gasteiger partial charge in [0.1, 0.15) is 18.1 Å². The van der Waals surface area contributed by atoms with Gasteiger partial charge in [0.15, 0.2) is 0 Å². The van der Waals surface area contributed by atoms with Gasteiger partial charge in [0.2, 0.25) is 0 Å². The number of carbonyl (C=O) groups excluding carboxylic acids is 1. The SMILES string of the molecule is CC(=O)C(Br)c1ccc(OCc2ccccc2)cc1. The molecule has 0 radical (unpaired) electrons. The third kappa shape index (κ3) is 3.93. The molecule has 1 unspecified atom stereocenters. The third-order valence-corrected chi connectivity index (χ3v) is 3.95. The molecule has 0 aromatic heterocycles. The van der Waals surface area contributed by atoms with Crippen molar-refractivity contribution >= 4 is 21.7 Å². The molecule has 0 saturated carbocycles. The van der Waals surface area contributed by atoms with Gasteiger partial charge in [0.05, 0.1) is 4.83 Å². The largest absolute Gasteiger partial charge is 0.489 e. The summed E-state index contributed by atoms with van der Waals surface area (Å²) in [6.07, 6.45) is 0. The molecule has 19 heavy (non-hydrogen) atoms. The Kier molecular flexibility index (Phi) is 4.74. The van der Waals surface area contributed by atoms with Crippen molar-refractivity contribution in [2.75, 3.05) is 0 Å². The Morgan fingerprint density at radius 1 is 1.11 bits per heavy atom. The number of alkyl halides is 1. The molecule has 0 aliphatic rings. The van der Waals surface area contributed by atoms with E-state index in [0.29, 0.717) is 6.61 Å². The van der Waals surface area contributed by atoms with E-state index in [1.165, 1.54) is 0 Å². The van der Waals surface area contributed by atoms with Crippen LogP contribution in [0.5, 0.6) is 5.75 Å². The van der Waals surface area contributed by atoms with Crippen LogP contribution in [0.1, 0.15) is 22.9 Å². The maximum absolute atomic E-state index is 11.3. The van der Waals surface area contributed by atoms with Gasteiger partial charge in [-0.05, 0) is 30.2 Å². The predicted molar refractivity (Wildman–Crippen MR) is 79.6 cm³/mol. The summed E-state index contributed by atoms with van der Waals surface area (Å²) in [7, 11) is 0. The molecule has 0 spiro atoms. The Hall–Kier alpha value is -1.61. The molecule has 2 aromatic rings. The van der Waals surface area contributed by atoms with Gasteiger partial charge < -0.3 is 4.74 Å². The monoisotopic (exact) mass is 318 g/mol. The van der Waals surface area contributed by atoms with Crippen molar-refractivity contribution in [1.82, 2.24) is 0 Å². The fourth-order valence-corrected chi connectivity index (χ4v) is 2.01. The maximum atomic E-state index is 11.3. The van der Waals surface area contributed by atoms with Crippen molar-refractivity contribution in [3.8, 4) is 5.75 Å². The van der Waals surface area contributed by atoms with Crippen molar-refractivity contribution in [3.63, 3.8) is 0 Å². The van der Waals surface area contributed by atoms with Gasteiger partial charge in [-0.1, -0.05) is 58.4 Å². The molecule has 2 rings (SSSR count). The minimum Gasteiger partial charge on any atom is -0.489 e. The molecular formula is C16H15BrO2. The highest BCUT2D eigenvalue weighted by Gasteiger charge is 2.11. The lowest BCUT2D eigenvalue weighted by Crippen LogP contribution is -2.01. The van der Waals surface area contributed by atoms with Crippen LogP contribution in [-0.2, 0) is 11.4 Å². The molecule has 1 atom stereocenters. The summed E-state index contributed by atoms with van der Waals surface area (Å²) in [5.41, 5.74) is 2.08. The van der Waals surface area contributed by atoms with Gasteiger partial charge in [-0.2, -0.15) is 0 Å². The topological polar surface area (TPSA) is 26.3 Å². The quantitative estimate of drug-likeness (QED) is 0.769. The average molecular weight is 319 g/mol. The number of Topliss-reactive ketones (excluding diaryl/α,β-unsaturated/α-hetero) is 1. The highest BCUT2D eigenvalue weighted by molar-refractivity contribution is 9.09. The highest BCUT2D eigenvalue weighted by atomic mass is 79.9. The molecular weight excluding hydrogens is 304 g/mol. The number of halogens is 1. The predicted octanol–water partition coefficient (Wildman–Crippen LogP) is 4.29. The van der Waals surface area contributed by atoms with Crippen LogP contribution in [0.2, 0.25) is 0 Å². The zero-order chi connectivity index (χ0) is 13.7. The number of ether oxygens (including phenoxy) is 1. The Labute approximate surface area is 121 Å². The summed E-state index contributed by atoms with van der Waals surface area (Å²) >= 11 is 3.36. The van der Waals surface area contributed by atoms with Crippen LogP contribution in [-0.4, -0.2) is 5.78 Å². The van der Waals surface area contributed by atoms with E-state index in [2.05, 4.69) is 15.9 Å². The zero-order valence-corrected chi connectivity index (χ0v) is 12.3. The molecule has 0 aliphatic carbocycles. The smallest absolute Gasteiger partial charge is 0.147 e. The summed E-state index contributed by atoms with van der Waals surface area (Å²) < 4.78 is 5.69. The normalized spacial score (nSPS) is 11.9. The molecule has 2 aromatic carbocycles. The third-order valence-electron chi connectivity index (χ3n) is 2.78. The van der Waals surface area contributed by atoms with Crippen molar-refractivity contribution < 1.29 is 9.53 Å². The average Bonchev–Trinajstić information content (AvgIpc) is 2.46. The summed E-state index contributed by atoms with van der Waals surface area (Å²) in [5, 5.41) is 0. The second kappa shape index (κ2) is 6.53. The van der Waals surface area contributed by atoms with Gasteiger partial charge in [0, 0.05) is 0 Å². The van der Waals surface area contributed by atoms with Gasteiger partial charge in [-0.25, -0.2) is 0 Å². The summed E-state index contributed by atoms with van der Waals surface area (Å²) in [5.74, 6) is 0.897. The summed E-state index contributed by atoms with van der Waals surface area (Å²) in [4.78, 5) is 11.0. The molecule has 0 amide bonds. The second-order valence-electron chi connectivity index (χ2n) is 4.32. The zero-order valence-electron chi connectivity index (χ0n) is 10.7. The van der Waals surface area contributed by atoms with Crippen LogP contribution in [0.3, 0.4) is 0 Å². The maximum Gasteiger partial charge on any atom is 0.147 e. The lowest BCUT2D eigenvalue weighted by Gasteiger charge is -2.09. The second-order valence-corrected chi connectivity index (χ2v) is 5.23. The highest BCUT2D eigenvalue weighted by Crippen LogP contribution is 2.25. The fraction of sp³-hybridized carbons (Fsp3) is 0.188. The Balaban J connectivity index is 1.97. The number of benzene rings is 2. The Morgan fingerprint density at radius 2 is 1.74 bits per heavy atom. The molecule has 0 N–H and O–H groups in total. The van der Waals surface area contributed by atoms with E-state index >= 15 is 0 Å². The first-order valence-corrected chi connectivity index (χ1v) is 6.99. The summed E-state index contributed by atoms with van der Waals surface area (Å²) in [6.45, 7) is 2.11. The number of rotatable bonds is 5. The molecule has 0 fully saturated rings. The Bertz CT molecular complexity index is 534. The van der Waals surface area contributed by atoms with Crippen molar-refractivity contribution in [3.05, 3.63) is 65.7 Å². The van der Waals surface area contributed by atoms with Crippen LogP contribution in [0.25, 0.3) is 0 Å². The molecule has 0 bridgehead atoms.